The molecule has 0 aromatic heterocycles. The molecule has 0 saturated heterocycles. The normalized spacial score (nSPS) is 10.3. The van der Waals surface area contributed by atoms with Gasteiger partial charge < -0.3 is 15.8 Å². The van der Waals surface area contributed by atoms with Crippen molar-refractivity contribution in [2.24, 2.45) is 0 Å². The number of benzene rings is 2. The second kappa shape index (κ2) is 5.22. The van der Waals surface area contributed by atoms with Crippen LogP contribution in [0, 0.1) is 20.8 Å². The van der Waals surface area contributed by atoms with Crippen LogP contribution in [0.15, 0.2) is 30.3 Å². The molecule has 2 aromatic rings. The van der Waals surface area contributed by atoms with Crippen LogP contribution in [-0.2, 0) is 0 Å². The zero-order valence-electron chi connectivity index (χ0n) is 11.9. The maximum Gasteiger partial charge on any atom is 0.120 e. The van der Waals surface area contributed by atoms with Crippen molar-refractivity contribution in [1.82, 2.24) is 0 Å². The Labute approximate surface area is 114 Å². The number of nitrogens with one attached hydrogen (secondary N) is 1. The summed E-state index contributed by atoms with van der Waals surface area (Å²) in [5.41, 5.74) is 12.4. The zero-order chi connectivity index (χ0) is 14.0. The summed E-state index contributed by atoms with van der Waals surface area (Å²) in [7, 11) is 1.67. The highest BCUT2D eigenvalue weighted by atomic mass is 16.5. The van der Waals surface area contributed by atoms with Gasteiger partial charge in [0.1, 0.15) is 5.75 Å². The summed E-state index contributed by atoms with van der Waals surface area (Å²) >= 11 is 0. The van der Waals surface area contributed by atoms with Gasteiger partial charge in [-0.3, -0.25) is 0 Å². The molecule has 0 saturated carbocycles. The Kier molecular flexibility index (Phi) is 3.65. The molecule has 0 aliphatic rings. The summed E-state index contributed by atoms with van der Waals surface area (Å²) in [5.74, 6) is 0.834. The molecule has 0 unspecified atom stereocenters. The van der Waals surface area contributed by atoms with Gasteiger partial charge in [-0.1, -0.05) is 12.1 Å². The Bertz CT molecular complexity index is 606. The Morgan fingerprint density at radius 1 is 1.05 bits per heavy atom. The molecule has 19 heavy (non-hydrogen) atoms. The highest BCUT2D eigenvalue weighted by molar-refractivity contribution is 5.74. The van der Waals surface area contributed by atoms with Crippen molar-refractivity contribution in [2.75, 3.05) is 18.2 Å². The second-order valence-corrected chi connectivity index (χ2v) is 4.78. The molecule has 0 fully saturated rings. The van der Waals surface area contributed by atoms with E-state index in [1.54, 1.807) is 7.11 Å². The quantitative estimate of drug-likeness (QED) is 0.817. The molecule has 0 aliphatic heterocycles. The van der Waals surface area contributed by atoms with Gasteiger partial charge in [0.2, 0.25) is 0 Å². The fraction of sp³-hybridized carbons (Fsp3) is 0.250. The number of ether oxygens (including phenoxy) is 1. The summed E-state index contributed by atoms with van der Waals surface area (Å²) in [6, 6.07) is 9.97. The average molecular weight is 256 g/mol. The minimum absolute atomic E-state index is 0.834. The van der Waals surface area contributed by atoms with Crippen LogP contribution >= 0.6 is 0 Å². The first-order valence-electron chi connectivity index (χ1n) is 6.30. The van der Waals surface area contributed by atoms with Gasteiger partial charge in [0.15, 0.2) is 0 Å². The minimum atomic E-state index is 0.834. The maximum absolute atomic E-state index is 6.10. The summed E-state index contributed by atoms with van der Waals surface area (Å²) in [4.78, 5) is 0. The third-order valence-electron chi connectivity index (χ3n) is 3.37. The number of nitrogens with two attached hydrogens (primary N) is 1. The van der Waals surface area contributed by atoms with Crippen LogP contribution in [0.3, 0.4) is 0 Å². The molecule has 0 radical (unpaired) electrons. The molecule has 2 aromatic carbocycles. The number of rotatable bonds is 3. The predicted molar refractivity (Wildman–Crippen MR) is 81.3 cm³/mol. The molecule has 0 amide bonds. The molecule has 3 heteroatoms. The lowest BCUT2D eigenvalue weighted by atomic mass is 10.0. The van der Waals surface area contributed by atoms with Crippen molar-refractivity contribution in [3.8, 4) is 5.75 Å². The first-order valence-corrected chi connectivity index (χ1v) is 6.30. The average Bonchev–Trinajstić information content (AvgIpc) is 2.41. The van der Waals surface area contributed by atoms with E-state index in [2.05, 4.69) is 18.3 Å². The highest BCUT2D eigenvalue weighted by Crippen LogP contribution is 2.31. The number of hydrogen-bond donors (Lipinski definition) is 2. The van der Waals surface area contributed by atoms with Gasteiger partial charge in [0, 0.05) is 23.1 Å². The first-order chi connectivity index (χ1) is 9.02. The molecule has 3 N–H and O–H groups in total. The summed E-state index contributed by atoms with van der Waals surface area (Å²) in [6.45, 7) is 6.16. The Morgan fingerprint density at radius 3 is 2.47 bits per heavy atom. The number of aryl methyl sites for hydroxylation is 2. The highest BCUT2D eigenvalue weighted by Gasteiger charge is 2.09. The van der Waals surface area contributed by atoms with E-state index in [1.807, 2.05) is 38.1 Å². The molecular weight excluding hydrogens is 236 g/mol. The van der Waals surface area contributed by atoms with Crippen molar-refractivity contribution in [1.29, 1.82) is 0 Å². The molecule has 0 aliphatic carbocycles. The molecular formula is C16H20N2O. The SMILES string of the molecule is COc1cccc(Nc2c(C)cc(C)c(N)c2C)c1. The van der Waals surface area contributed by atoms with E-state index < -0.39 is 0 Å². The van der Waals surface area contributed by atoms with Gasteiger partial charge in [-0.05, 0) is 49.6 Å². The van der Waals surface area contributed by atoms with E-state index >= 15 is 0 Å². The molecule has 0 atom stereocenters. The van der Waals surface area contributed by atoms with E-state index in [-0.39, 0.29) is 0 Å². The monoisotopic (exact) mass is 256 g/mol. The number of nitrogen functional groups attached to an aromatic ring is 1. The topological polar surface area (TPSA) is 47.3 Å². The van der Waals surface area contributed by atoms with E-state index in [9.17, 15) is 0 Å². The van der Waals surface area contributed by atoms with Crippen molar-refractivity contribution >= 4 is 17.1 Å². The van der Waals surface area contributed by atoms with Crippen LogP contribution < -0.4 is 15.8 Å². The lowest BCUT2D eigenvalue weighted by Crippen LogP contribution is -2.02. The Hall–Kier alpha value is -2.16. The van der Waals surface area contributed by atoms with Crippen molar-refractivity contribution in [3.05, 3.63) is 47.0 Å². The minimum Gasteiger partial charge on any atom is -0.497 e. The molecule has 100 valence electrons. The van der Waals surface area contributed by atoms with Crippen LogP contribution in [-0.4, -0.2) is 7.11 Å². The van der Waals surface area contributed by atoms with Crippen LogP contribution in [0.1, 0.15) is 16.7 Å². The number of anilines is 3. The van der Waals surface area contributed by atoms with Gasteiger partial charge in [-0.15, -0.1) is 0 Å². The fourth-order valence-electron chi connectivity index (χ4n) is 2.24. The summed E-state index contributed by atoms with van der Waals surface area (Å²) < 4.78 is 5.23. The van der Waals surface area contributed by atoms with Crippen LogP contribution in [0.2, 0.25) is 0 Å². The molecule has 0 heterocycles. The summed E-state index contributed by atoms with van der Waals surface area (Å²) in [5, 5.41) is 3.42. The van der Waals surface area contributed by atoms with Crippen molar-refractivity contribution < 1.29 is 4.74 Å². The lowest BCUT2D eigenvalue weighted by molar-refractivity contribution is 0.415. The third-order valence-corrected chi connectivity index (χ3v) is 3.37. The first kappa shape index (κ1) is 13.3. The maximum atomic E-state index is 6.10. The smallest absolute Gasteiger partial charge is 0.120 e. The number of methoxy groups -OCH3 is 1. The lowest BCUT2D eigenvalue weighted by Gasteiger charge is -2.17. The van der Waals surface area contributed by atoms with Gasteiger partial charge in [0.25, 0.3) is 0 Å². The molecule has 0 bridgehead atoms. The van der Waals surface area contributed by atoms with Gasteiger partial charge in [-0.25, -0.2) is 0 Å². The molecule has 2 rings (SSSR count). The van der Waals surface area contributed by atoms with Crippen LogP contribution in [0.4, 0.5) is 17.1 Å². The van der Waals surface area contributed by atoms with E-state index in [1.165, 1.54) is 5.56 Å². The third kappa shape index (κ3) is 2.65. The molecule has 0 spiro atoms. The van der Waals surface area contributed by atoms with Gasteiger partial charge in [-0.2, -0.15) is 0 Å². The standard InChI is InChI=1S/C16H20N2O/c1-10-8-11(2)16(12(3)15(10)17)18-13-6-5-7-14(9-13)19-4/h5-9,18H,17H2,1-4H3. The van der Waals surface area contributed by atoms with E-state index in [0.717, 1.165) is 33.9 Å². The van der Waals surface area contributed by atoms with E-state index in [0.29, 0.717) is 0 Å². The largest absolute Gasteiger partial charge is 0.497 e. The Balaban J connectivity index is 2.40. The second-order valence-electron chi connectivity index (χ2n) is 4.78. The number of hydrogen-bond acceptors (Lipinski definition) is 3. The summed E-state index contributed by atoms with van der Waals surface area (Å²) in [6.07, 6.45) is 0. The van der Waals surface area contributed by atoms with Gasteiger partial charge >= 0.3 is 0 Å². The zero-order valence-corrected chi connectivity index (χ0v) is 11.9. The van der Waals surface area contributed by atoms with Crippen molar-refractivity contribution in [2.45, 2.75) is 20.8 Å². The Morgan fingerprint density at radius 2 is 1.79 bits per heavy atom. The van der Waals surface area contributed by atoms with Crippen LogP contribution in [0.5, 0.6) is 5.75 Å². The van der Waals surface area contributed by atoms with Crippen molar-refractivity contribution in [3.63, 3.8) is 0 Å². The van der Waals surface area contributed by atoms with E-state index in [4.69, 9.17) is 10.5 Å². The van der Waals surface area contributed by atoms with Crippen LogP contribution in [0.25, 0.3) is 0 Å². The fourth-order valence-corrected chi connectivity index (χ4v) is 2.24. The van der Waals surface area contributed by atoms with Gasteiger partial charge in [0.05, 0.1) is 7.11 Å². The molecule has 3 nitrogen and oxygen atoms in total. The predicted octanol–water partition coefficient (Wildman–Crippen LogP) is 3.95.